The fraction of sp³-hybridized carbons (Fsp3) is 1.00. The molecular weight excluding hydrogens is 222 g/mol. The smallest absolute Gasteiger partial charge is 0.0223 e. The number of likely N-dealkylation sites (N-methyl/N-ethyl adjacent to an activating group) is 1. The van der Waals surface area contributed by atoms with Gasteiger partial charge in [0.15, 0.2) is 0 Å². The molecule has 3 N–H and O–H groups in total. The lowest BCUT2D eigenvalue weighted by atomic mass is 10.1. The summed E-state index contributed by atoms with van der Waals surface area (Å²) < 4.78 is 0. The van der Waals surface area contributed by atoms with E-state index in [0.29, 0.717) is 0 Å². The van der Waals surface area contributed by atoms with Crippen LogP contribution in [0.4, 0.5) is 0 Å². The van der Waals surface area contributed by atoms with E-state index in [9.17, 15) is 0 Å². The molecule has 1 aliphatic rings. The van der Waals surface area contributed by atoms with Crippen molar-refractivity contribution in [2.45, 2.75) is 51.1 Å². The number of nitrogens with two attached hydrogens (primary N) is 1. The molecule has 0 heterocycles. The molecule has 0 atom stereocenters. The molecule has 1 saturated carbocycles. The quantitative estimate of drug-likeness (QED) is 0.703. The minimum Gasteiger partial charge on any atom is -0.324 e. The molecule has 16 heavy (non-hydrogen) atoms. The van der Waals surface area contributed by atoms with Crippen molar-refractivity contribution in [3.05, 3.63) is 0 Å². The summed E-state index contributed by atoms with van der Waals surface area (Å²) in [6.07, 6.45) is 5.61. The average molecular weight is 250 g/mol. The van der Waals surface area contributed by atoms with Gasteiger partial charge >= 0.3 is 0 Å². The van der Waals surface area contributed by atoms with Crippen LogP contribution in [0.3, 0.4) is 0 Å². The predicted molar refractivity (Wildman–Crippen MR) is 73.3 cm³/mol. The standard InChI is InChI=1S/C12H27N3.ClH/c1-12(2,13)10-14-8-9-15(3)11-6-4-5-7-11;/h11,14H,4-10,13H2,1-3H3;1H. The molecule has 0 bridgehead atoms. The third kappa shape index (κ3) is 6.69. The second kappa shape index (κ2) is 7.49. The molecule has 0 spiro atoms. The first-order chi connectivity index (χ1) is 6.99. The molecule has 3 nitrogen and oxygen atoms in total. The number of nitrogens with zero attached hydrogens (tertiary/aromatic N) is 1. The summed E-state index contributed by atoms with van der Waals surface area (Å²) >= 11 is 0. The zero-order valence-electron chi connectivity index (χ0n) is 11.0. The predicted octanol–water partition coefficient (Wildman–Crippen LogP) is 1.61. The average Bonchev–Trinajstić information content (AvgIpc) is 2.63. The first-order valence-electron chi connectivity index (χ1n) is 6.19. The van der Waals surface area contributed by atoms with E-state index in [1.54, 1.807) is 0 Å². The zero-order valence-corrected chi connectivity index (χ0v) is 11.8. The van der Waals surface area contributed by atoms with Crippen LogP contribution in [0.15, 0.2) is 0 Å². The fourth-order valence-electron chi connectivity index (χ4n) is 2.19. The lowest BCUT2D eigenvalue weighted by molar-refractivity contribution is 0.243. The van der Waals surface area contributed by atoms with Crippen molar-refractivity contribution < 1.29 is 0 Å². The van der Waals surface area contributed by atoms with Gasteiger partial charge < -0.3 is 16.0 Å². The van der Waals surface area contributed by atoms with Gasteiger partial charge in [0.2, 0.25) is 0 Å². The van der Waals surface area contributed by atoms with Crippen LogP contribution in [0.2, 0.25) is 0 Å². The number of nitrogens with one attached hydrogen (secondary N) is 1. The third-order valence-electron chi connectivity index (χ3n) is 3.17. The highest BCUT2D eigenvalue weighted by Crippen LogP contribution is 2.21. The molecule has 1 fully saturated rings. The molecule has 0 aromatic heterocycles. The molecule has 1 rings (SSSR count). The van der Waals surface area contributed by atoms with Crippen LogP contribution in [0.1, 0.15) is 39.5 Å². The molecule has 0 aromatic carbocycles. The van der Waals surface area contributed by atoms with Crippen molar-refractivity contribution in [3.63, 3.8) is 0 Å². The molecule has 0 amide bonds. The molecular formula is C12H28ClN3. The lowest BCUT2D eigenvalue weighted by Crippen LogP contribution is -2.45. The number of halogens is 1. The summed E-state index contributed by atoms with van der Waals surface area (Å²) in [5.41, 5.74) is 5.81. The lowest BCUT2D eigenvalue weighted by Gasteiger charge is -2.25. The van der Waals surface area contributed by atoms with Crippen molar-refractivity contribution in [1.29, 1.82) is 0 Å². The Hall–Kier alpha value is 0.170. The maximum absolute atomic E-state index is 5.90. The normalized spacial score (nSPS) is 17.8. The summed E-state index contributed by atoms with van der Waals surface area (Å²) in [5.74, 6) is 0. The summed E-state index contributed by atoms with van der Waals surface area (Å²) in [4.78, 5) is 2.49. The Labute approximate surface area is 107 Å². The van der Waals surface area contributed by atoms with Crippen LogP contribution in [0.25, 0.3) is 0 Å². The van der Waals surface area contributed by atoms with Crippen molar-refractivity contribution in [3.8, 4) is 0 Å². The molecule has 0 radical (unpaired) electrons. The molecule has 98 valence electrons. The van der Waals surface area contributed by atoms with Crippen LogP contribution >= 0.6 is 12.4 Å². The molecule has 0 aromatic rings. The Bertz CT molecular complexity index is 174. The third-order valence-corrected chi connectivity index (χ3v) is 3.17. The maximum Gasteiger partial charge on any atom is 0.0223 e. The van der Waals surface area contributed by atoms with Crippen molar-refractivity contribution in [1.82, 2.24) is 10.2 Å². The largest absolute Gasteiger partial charge is 0.324 e. The van der Waals surface area contributed by atoms with E-state index in [0.717, 1.165) is 25.7 Å². The Balaban J connectivity index is 0.00000225. The van der Waals surface area contributed by atoms with Crippen molar-refractivity contribution in [2.24, 2.45) is 5.73 Å². The van der Waals surface area contributed by atoms with Gasteiger partial charge in [0.05, 0.1) is 0 Å². The van der Waals surface area contributed by atoms with Gasteiger partial charge in [-0.1, -0.05) is 12.8 Å². The van der Waals surface area contributed by atoms with Gasteiger partial charge in [-0.15, -0.1) is 12.4 Å². The van der Waals surface area contributed by atoms with Gasteiger partial charge in [-0.05, 0) is 33.7 Å². The van der Waals surface area contributed by atoms with Crippen LogP contribution in [-0.2, 0) is 0 Å². The van der Waals surface area contributed by atoms with Gasteiger partial charge in [0.1, 0.15) is 0 Å². The topological polar surface area (TPSA) is 41.3 Å². The van der Waals surface area contributed by atoms with Crippen molar-refractivity contribution >= 4 is 12.4 Å². The first kappa shape index (κ1) is 16.2. The van der Waals surface area contributed by atoms with Gasteiger partial charge in [0, 0.05) is 31.2 Å². The highest BCUT2D eigenvalue weighted by atomic mass is 35.5. The van der Waals surface area contributed by atoms with Gasteiger partial charge in [-0.25, -0.2) is 0 Å². The Kier molecular flexibility index (Phi) is 7.57. The molecule has 0 saturated heterocycles. The summed E-state index contributed by atoms with van der Waals surface area (Å²) in [6.45, 7) is 7.20. The summed E-state index contributed by atoms with van der Waals surface area (Å²) in [5, 5.41) is 3.41. The molecule has 0 aliphatic heterocycles. The van der Waals surface area contributed by atoms with E-state index in [-0.39, 0.29) is 17.9 Å². The molecule has 1 aliphatic carbocycles. The van der Waals surface area contributed by atoms with E-state index in [1.807, 2.05) is 0 Å². The van der Waals surface area contributed by atoms with Crippen molar-refractivity contribution in [2.75, 3.05) is 26.7 Å². The Morgan fingerprint density at radius 3 is 2.38 bits per heavy atom. The molecule has 4 heteroatoms. The summed E-state index contributed by atoms with van der Waals surface area (Å²) in [7, 11) is 2.24. The highest BCUT2D eigenvalue weighted by Gasteiger charge is 2.18. The minimum absolute atomic E-state index is 0. The first-order valence-corrected chi connectivity index (χ1v) is 6.19. The zero-order chi connectivity index (χ0) is 11.3. The van der Waals surface area contributed by atoms with Crippen LogP contribution in [-0.4, -0.2) is 43.2 Å². The van der Waals surface area contributed by atoms with Gasteiger partial charge in [-0.2, -0.15) is 0 Å². The van der Waals surface area contributed by atoms with Crippen LogP contribution < -0.4 is 11.1 Å². The maximum atomic E-state index is 5.90. The SMILES string of the molecule is CN(CCNCC(C)(C)N)C1CCCC1.Cl. The number of hydrogen-bond acceptors (Lipinski definition) is 3. The monoisotopic (exact) mass is 249 g/mol. The minimum atomic E-state index is -0.0913. The van der Waals surface area contributed by atoms with Gasteiger partial charge in [-0.3, -0.25) is 0 Å². The van der Waals surface area contributed by atoms with E-state index < -0.39 is 0 Å². The summed E-state index contributed by atoms with van der Waals surface area (Å²) in [6, 6.07) is 0.831. The van der Waals surface area contributed by atoms with Crippen LogP contribution in [0.5, 0.6) is 0 Å². The second-order valence-corrected chi connectivity index (χ2v) is 5.58. The fourth-order valence-corrected chi connectivity index (χ4v) is 2.19. The highest BCUT2D eigenvalue weighted by molar-refractivity contribution is 5.85. The Morgan fingerprint density at radius 2 is 1.88 bits per heavy atom. The van der Waals surface area contributed by atoms with Gasteiger partial charge in [0.25, 0.3) is 0 Å². The van der Waals surface area contributed by atoms with Crippen LogP contribution in [0, 0.1) is 0 Å². The van der Waals surface area contributed by atoms with E-state index in [1.165, 1.54) is 25.7 Å². The van der Waals surface area contributed by atoms with E-state index >= 15 is 0 Å². The van der Waals surface area contributed by atoms with E-state index in [2.05, 4.69) is 31.1 Å². The number of hydrogen-bond donors (Lipinski definition) is 2. The molecule has 0 unspecified atom stereocenters. The second-order valence-electron chi connectivity index (χ2n) is 5.58. The Morgan fingerprint density at radius 1 is 1.31 bits per heavy atom. The number of rotatable bonds is 6. The van der Waals surface area contributed by atoms with E-state index in [4.69, 9.17) is 5.73 Å².